The maximum Gasteiger partial charge on any atom is -0.000884 e. The van der Waals surface area contributed by atoms with Crippen LogP contribution in [0, 0.1) is 0 Å². The second-order valence-electron chi connectivity index (χ2n) is 15.3. The quantitative estimate of drug-likeness (QED) is 0.106. The van der Waals surface area contributed by atoms with Crippen LogP contribution in [0.4, 0.5) is 0 Å². The topological polar surface area (TPSA) is 52.0 Å². The molecule has 0 saturated carbocycles. The van der Waals surface area contributed by atoms with Gasteiger partial charge in [0, 0.05) is 12.1 Å². The van der Waals surface area contributed by atoms with Gasteiger partial charge in [-0.15, -0.1) is 0 Å². The summed E-state index contributed by atoms with van der Waals surface area (Å²) in [7, 11) is 8.00. The predicted octanol–water partition coefficient (Wildman–Crippen LogP) is 12.9. The zero-order valence-corrected chi connectivity index (χ0v) is 40.6. The second kappa shape index (κ2) is 23.2. The van der Waals surface area contributed by atoms with Gasteiger partial charge in [0.05, 0.1) is 0 Å². The van der Waals surface area contributed by atoms with E-state index < -0.39 is 15.8 Å². The third-order valence-electron chi connectivity index (χ3n) is 11.4. The first-order chi connectivity index (χ1) is 32.1. The Balaban J connectivity index is 0.000000253. The zero-order chi connectivity index (χ0) is 44.8. The van der Waals surface area contributed by atoms with E-state index in [0.717, 1.165) is 11.1 Å². The largest absolute Gasteiger partial charge is 0.0622 e. The van der Waals surface area contributed by atoms with Crippen molar-refractivity contribution in [3.8, 4) is 11.1 Å². The molecule has 65 heavy (non-hydrogen) atoms. The van der Waals surface area contributed by atoms with E-state index in [9.17, 15) is 0 Å². The van der Waals surface area contributed by atoms with E-state index in [1.165, 1.54) is 64.5 Å². The first kappa shape index (κ1) is 46.2. The molecule has 2 atom stereocenters. The Hall–Kier alpha value is -5.30. The molecule has 0 bridgehead atoms. The molecule has 0 amide bonds. The fourth-order valence-corrected chi connectivity index (χ4v) is 13.3. The predicted molar refractivity (Wildman–Crippen MR) is 283 cm³/mol. The fraction of sp³-hybridized carbons (Fsp3) is 0.0345. The van der Waals surface area contributed by atoms with Crippen LogP contribution in [-0.4, -0.2) is 0 Å². The Kier molecular flexibility index (Phi) is 16.5. The number of benzene rings is 10. The van der Waals surface area contributed by atoms with Crippen molar-refractivity contribution in [2.24, 2.45) is 11.5 Å². The molecule has 0 heterocycles. The molecule has 4 N–H and O–H groups in total. The number of rotatable bonds is 10. The van der Waals surface area contributed by atoms with E-state index in [2.05, 4.69) is 194 Å². The summed E-state index contributed by atoms with van der Waals surface area (Å²) in [5.74, 6) is 0. The molecule has 320 valence electrons. The van der Waals surface area contributed by atoms with Crippen molar-refractivity contribution in [1.29, 1.82) is 0 Å². The van der Waals surface area contributed by atoms with Gasteiger partial charge in [-0.1, -0.05) is 255 Å². The summed E-state index contributed by atoms with van der Waals surface area (Å²) in [5.41, 5.74) is 17.1. The number of hydrogen-bond donors (Lipinski definition) is 2. The SMILES string of the molecule is N[C@H](c1ccccc1)[C@H](N)c1ccccc1.[Cl][Ru+2][Cl].c1ccc(P(c2ccccc2)c2ccc3ccccc3c2-c2c(P(c3ccccc3)c3ccccc3)ccc3ccccc23)cc1. The molecule has 0 spiro atoms. The van der Waals surface area contributed by atoms with Crippen LogP contribution < -0.4 is 43.3 Å². The minimum absolute atomic E-state index is 0.163. The van der Waals surface area contributed by atoms with Crippen molar-refractivity contribution < 1.29 is 15.1 Å². The van der Waals surface area contributed by atoms with Crippen LogP contribution in [-0.2, 0) is 15.1 Å². The van der Waals surface area contributed by atoms with Crippen LogP contribution >= 0.6 is 35.2 Å². The van der Waals surface area contributed by atoms with Crippen molar-refractivity contribution in [2.75, 3.05) is 0 Å². The molecule has 0 unspecified atom stereocenters. The Morgan fingerprint density at radius 3 is 0.846 bits per heavy atom. The zero-order valence-electron chi connectivity index (χ0n) is 35.6. The minimum Gasteiger partial charge on any atom is -0.0622 e. The molecule has 0 saturated heterocycles. The summed E-state index contributed by atoms with van der Waals surface area (Å²) in [6, 6.07) is 91.4. The molecule has 0 aliphatic heterocycles. The molecule has 0 aliphatic rings. The van der Waals surface area contributed by atoms with E-state index in [1.807, 2.05) is 60.7 Å². The third kappa shape index (κ3) is 11.0. The van der Waals surface area contributed by atoms with E-state index in [0.29, 0.717) is 0 Å². The van der Waals surface area contributed by atoms with Gasteiger partial charge >= 0.3 is 34.5 Å². The summed E-state index contributed by atoms with van der Waals surface area (Å²) in [6.07, 6.45) is 0. The Morgan fingerprint density at radius 1 is 0.308 bits per heavy atom. The van der Waals surface area contributed by atoms with Gasteiger partial charge in [-0.3, -0.25) is 0 Å². The molecule has 7 heteroatoms. The maximum atomic E-state index is 6.15. The van der Waals surface area contributed by atoms with Crippen LogP contribution in [0.5, 0.6) is 0 Å². The molecular weight excluding hydrogens is 959 g/mol. The van der Waals surface area contributed by atoms with Gasteiger partial charge in [0.1, 0.15) is 0 Å². The summed E-state index contributed by atoms with van der Waals surface area (Å²) in [5, 5.41) is 13.3. The monoisotopic (exact) mass is 1010 g/mol. The molecular formula is C58H48Cl2N2P2Ru+2. The molecule has 0 fully saturated rings. The van der Waals surface area contributed by atoms with Gasteiger partial charge in [-0.2, -0.15) is 0 Å². The second-order valence-corrected chi connectivity index (χ2v) is 22.3. The van der Waals surface area contributed by atoms with Crippen LogP contribution in [0.2, 0.25) is 0 Å². The standard InChI is InChI=1S/C44H32P2.C14H16N2.2ClH.Ru/c1-5-19-35(20-6-1)45(36-21-7-2-8-22-36)41-31-29-33-17-13-15-27-39(33)43(41)44-40-28-16-14-18-34(40)30-32-42(44)46(37-23-9-3-10-24-37)38-25-11-4-12-26-38;15-13(11-7-3-1-4-8-11)14(16)12-9-5-2-6-10-12;;;/h1-32H;1-10,13-14H,15-16H2;2*1H;/q;;;;+4/p-2/t;13-,14-;;;/m.1.../s1. The molecule has 0 radical (unpaired) electrons. The third-order valence-corrected chi connectivity index (χ3v) is 16.3. The van der Waals surface area contributed by atoms with E-state index in [1.54, 1.807) is 0 Å². The molecule has 0 aromatic heterocycles. The number of nitrogens with two attached hydrogens (primary N) is 2. The van der Waals surface area contributed by atoms with Gasteiger partial charge in [-0.05, 0) is 91.5 Å². The van der Waals surface area contributed by atoms with Crippen molar-refractivity contribution >= 4 is 88.6 Å². The van der Waals surface area contributed by atoms with E-state index in [-0.39, 0.29) is 27.2 Å². The smallest absolute Gasteiger partial charge is 0.000884 e. The first-order valence-electron chi connectivity index (χ1n) is 21.4. The molecule has 2 nitrogen and oxygen atoms in total. The number of fused-ring (bicyclic) bond motifs is 2. The van der Waals surface area contributed by atoms with Crippen molar-refractivity contribution in [3.05, 3.63) is 266 Å². The summed E-state index contributed by atoms with van der Waals surface area (Å²) < 4.78 is 0. The summed E-state index contributed by atoms with van der Waals surface area (Å²) >= 11 is -0.346. The van der Waals surface area contributed by atoms with E-state index >= 15 is 0 Å². The molecule has 10 aromatic rings. The summed E-state index contributed by atoms with van der Waals surface area (Å²) in [6.45, 7) is 0. The maximum absolute atomic E-state index is 6.15. The van der Waals surface area contributed by atoms with Gasteiger partial charge in [0.2, 0.25) is 0 Å². The Morgan fingerprint density at radius 2 is 0.554 bits per heavy atom. The van der Waals surface area contributed by atoms with Crippen molar-refractivity contribution in [2.45, 2.75) is 12.1 Å². The summed E-state index contributed by atoms with van der Waals surface area (Å²) in [4.78, 5) is 0. The van der Waals surface area contributed by atoms with Gasteiger partial charge < -0.3 is 11.5 Å². The Labute approximate surface area is 401 Å². The van der Waals surface area contributed by atoms with Gasteiger partial charge in [0.25, 0.3) is 0 Å². The van der Waals surface area contributed by atoms with Crippen molar-refractivity contribution in [1.82, 2.24) is 0 Å². The number of hydrogen-bond acceptors (Lipinski definition) is 2. The van der Waals surface area contributed by atoms with Crippen molar-refractivity contribution in [3.63, 3.8) is 0 Å². The first-order valence-corrected chi connectivity index (χ1v) is 28.5. The van der Waals surface area contributed by atoms with E-state index in [4.69, 9.17) is 30.8 Å². The van der Waals surface area contributed by atoms with Crippen LogP contribution in [0.25, 0.3) is 32.7 Å². The molecule has 10 rings (SSSR count). The average molecular weight is 1010 g/mol. The fourth-order valence-electron chi connectivity index (χ4n) is 8.35. The van der Waals surface area contributed by atoms with Crippen LogP contribution in [0.1, 0.15) is 23.2 Å². The van der Waals surface area contributed by atoms with Gasteiger partial charge in [-0.25, -0.2) is 0 Å². The number of halogens is 2. The Bertz CT molecular complexity index is 2740. The minimum atomic E-state index is -0.852. The van der Waals surface area contributed by atoms with Crippen LogP contribution in [0.3, 0.4) is 0 Å². The average Bonchev–Trinajstić information content (AvgIpc) is 3.38. The van der Waals surface area contributed by atoms with Gasteiger partial charge in [0.15, 0.2) is 0 Å². The normalized spacial score (nSPS) is 11.9. The molecule has 10 aromatic carbocycles. The van der Waals surface area contributed by atoms with Crippen LogP contribution in [0.15, 0.2) is 255 Å². The molecule has 0 aliphatic carbocycles.